The minimum Gasteiger partial charge on any atom is -0.463 e. The van der Waals surface area contributed by atoms with Gasteiger partial charge in [0.25, 0.3) is 0 Å². The van der Waals surface area contributed by atoms with E-state index in [9.17, 15) is 23.9 Å². The van der Waals surface area contributed by atoms with E-state index in [-0.39, 0.29) is 55.2 Å². The number of hydrogen-bond acceptors (Lipinski definition) is 5. The molecule has 0 spiro atoms. The van der Waals surface area contributed by atoms with Crippen molar-refractivity contribution in [1.29, 1.82) is 0 Å². The minimum absolute atomic E-state index is 0.0185. The van der Waals surface area contributed by atoms with Crippen molar-refractivity contribution in [3.05, 3.63) is 83.7 Å². The third-order valence-electron chi connectivity index (χ3n) is 7.77. The first-order valence-electron chi connectivity index (χ1n) is 14.2. The van der Waals surface area contributed by atoms with Crippen LogP contribution in [0.25, 0.3) is 0 Å². The Morgan fingerprint density at radius 2 is 1.80 bits per heavy atom. The van der Waals surface area contributed by atoms with E-state index in [2.05, 4.69) is 5.32 Å². The number of nitrogens with one attached hydrogen (secondary N) is 1. The van der Waals surface area contributed by atoms with E-state index in [0.717, 1.165) is 24.0 Å². The number of hydrogen-bond donors (Lipinski definition) is 2. The van der Waals surface area contributed by atoms with E-state index in [4.69, 9.17) is 4.74 Å². The molecule has 214 valence electrons. The molecular formula is C32H39FN2O5. The number of allylic oxidation sites excluding steroid dienone is 2. The van der Waals surface area contributed by atoms with Crippen LogP contribution < -0.4 is 5.32 Å². The molecule has 0 aliphatic carbocycles. The summed E-state index contributed by atoms with van der Waals surface area (Å²) < 4.78 is 19.1. The van der Waals surface area contributed by atoms with E-state index in [1.165, 1.54) is 12.1 Å². The molecule has 0 bridgehead atoms. The van der Waals surface area contributed by atoms with Crippen LogP contribution in [0.1, 0.15) is 49.7 Å². The van der Waals surface area contributed by atoms with E-state index >= 15 is 0 Å². The number of aliphatic hydroxyl groups excluding tert-OH is 1. The van der Waals surface area contributed by atoms with Crippen molar-refractivity contribution in [3.63, 3.8) is 0 Å². The number of amides is 2. The van der Waals surface area contributed by atoms with Gasteiger partial charge in [-0.2, -0.15) is 0 Å². The van der Waals surface area contributed by atoms with Gasteiger partial charge in [-0.1, -0.05) is 54.6 Å². The molecule has 0 unspecified atom stereocenters. The van der Waals surface area contributed by atoms with Crippen LogP contribution in [-0.2, 0) is 32.0 Å². The Kier molecular flexibility index (Phi) is 10.9. The first-order valence-corrected chi connectivity index (χ1v) is 14.2. The molecule has 7 nitrogen and oxygen atoms in total. The van der Waals surface area contributed by atoms with Gasteiger partial charge in [0.05, 0.1) is 30.5 Å². The predicted octanol–water partition coefficient (Wildman–Crippen LogP) is 3.98. The molecule has 4 rings (SSSR count). The zero-order valence-corrected chi connectivity index (χ0v) is 22.8. The Morgan fingerprint density at radius 1 is 1.02 bits per heavy atom. The zero-order valence-electron chi connectivity index (χ0n) is 22.8. The number of benzene rings is 2. The van der Waals surface area contributed by atoms with Crippen LogP contribution in [0.3, 0.4) is 0 Å². The number of cyclic esters (lactones) is 1. The summed E-state index contributed by atoms with van der Waals surface area (Å²) in [5, 5.41) is 12.7. The first kappa shape index (κ1) is 29.5. The second-order valence-electron chi connectivity index (χ2n) is 10.8. The molecule has 1 fully saturated rings. The Balaban J connectivity index is 1.42. The molecule has 0 aromatic heterocycles. The molecule has 2 amide bonds. The number of esters is 1. The van der Waals surface area contributed by atoms with E-state index in [1.54, 1.807) is 17.0 Å². The largest absolute Gasteiger partial charge is 0.463 e. The number of carbonyl (C=O) groups excluding carboxylic acids is 3. The van der Waals surface area contributed by atoms with Crippen LogP contribution in [0.5, 0.6) is 0 Å². The summed E-state index contributed by atoms with van der Waals surface area (Å²) in [5.41, 5.74) is 1.88. The first-order chi connectivity index (χ1) is 19.4. The normalized spacial score (nSPS) is 23.6. The number of aliphatic hydroxyl groups is 1. The Labute approximate surface area is 235 Å². The second kappa shape index (κ2) is 14.7. The van der Waals surface area contributed by atoms with Crippen molar-refractivity contribution in [1.82, 2.24) is 10.2 Å². The maximum absolute atomic E-state index is 13.6. The lowest BCUT2D eigenvalue weighted by molar-refractivity contribution is -0.152. The van der Waals surface area contributed by atoms with Gasteiger partial charge in [0.2, 0.25) is 11.8 Å². The maximum Gasteiger partial charge on any atom is 0.309 e. The van der Waals surface area contributed by atoms with Crippen molar-refractivity contribution < 1.29 is 28.6 Å². The number of rotatable bonds is 8. The molecule has 2 heterocycles. The molecular weight excluding hydrogens is 511 g/mol. The summed E-state index contributed by atoms with van der Waals surface area (Å²) in [4.78, 5) is 41.4. The molecule has 2 aromatic rings. The van der Waals surface area contributed by atoms with Crippen molar-refractivity contribution in [3.8, 4) is 0 Å². The van der Waals surface area contributed by atoms with Crippen LogP contribution in [-0.4, -0.2) is 59.6 Å². The van der Waals surface area contributed by atoms with Gasteiger partial charge in [-0.05, 0) is 68.2 Å². The standard InChI is InChI=1S/C32H39FN2O5/c33-27-15-13-24(14-16-27)18-26-11-6-2-5-10-25(31(38)35-17-7-12-29(35)22-40-32(26)39)20-30(37)34-28(21-36)19-23-8-3-1-4-9-23/h1-5,8-9,13-16,25-26,28-29,36H,6-7,10-12,17-22H2,(H,34,37)/b5-2-/t25-,26+,28+,29-/m1/s1. The van der Waals surface area contributed by atoms with Crippen molar-refractivity contribution in [2.75, 3.05) is 19.8 Å². The average molecular weight is 551 g/mol. The van der Waals surface area contributed by atoms with Crippen molar-refractivity contribution in [2.24, 2.45) is 11.8 Å². The topological polar surface area (TPSA) is 95.9 Å². The summed E-state index contributed by atoms with van der Waals surface area (Å²) in [6, 6.07) is 15.1. The Hall–Kier alpha value is -3.52. The Bertz CT molecular complexity index is 1150. The van der Waals surface area contributed by atoms with Gasteiger partial charge in [0.15, 0.2) is 0 Å². The maximum atomic E-state index is 13.6. The van der Waals surface area contributed by atoms with Gasteiger partial charge in [-0.15, -0.1) is 0 Å². The molecule has 0 radical (unpaired) electrons. The highest BCUT2D eigenvalue weighted by molar-refractivity contribution is 5.86. The highest BCUT2D eigenvalue weighted by Gasteiger charge is 2.35. The lowest BCUT2D eigenvalue weighted by atomic mass is 9.94. The molecule has 2 N–H and O–H groups in total. The van der Waals surface area contributed by atoms with Gasteiger partial charge >= 0.3 is 5.97 Å². The summed E-state index contributed by atoms with van der Waals surface area (Å²) in [7, 11) is 0. The van der Waals surface area contributed by atoms with Gasteiger partial charge < -0.3 is 20.1 Å². The van der Waals surface area contributed by atoms with E-state index in [0.29, 0.717) is 38.6 Å². The zero-order chi connectivity index (χ0) is 28.3. The van der Waals surface area contributed by atoms with Crippen LogP contribution in [0.2, 0.25) is 0 Å². The van der Waals surface area contributed by atoms with Crippen molar-refractivity contribution >= 4 is 17.8 Å². The Morgan fingerprint density at radius 3 is 2.55 bits per heavy atom. The van der Waals surface area contributed by atoms with Crippen LogP contribution in [0.4, 0.5) is 4.39 Å². The molecule has 1 saturated heterocycles. The SMILES string of the molecule is O=C(C[C@H]1C/C=C\CC[C@@H](Cc2ccc(F)cc2)C(=O)OC[C@H]2CCCN2C1=O)N[C@H](CO)Cc1ccccc1. The molecule has 40 heavy (non-hydrogen) atoms. The second-order valence-corrected chi connectivity index (χ2v) is 10.8. The fraction of sp³-hybridized carbons (Fsp3) is 0.469. The molecule has 2 aliphatic rings. The number of fused-ring (bicyclic) bond motifs is 1. The van der Waals surface area contributed by atoms with E-state index < -0.39 is 12.0 Å². The summed E-state index contributed by atoms with van der Waals surface area (Å²) in [6.45, 7) is 0.494. The molecule has 4 atom stereocenters. The number of nitrogens with zero attached hydrogens (tertiary/aromatic N) is 1. The van der Waals surface area contributed by atoms with Crippen LogP contribution >= 0.6 is 0 Å². The third kappa shape index (κ3) is 8.49. The fourth-order valence-corrected chi connectivity index (χ4v) is 5.56. The highest BCUT2D eigenvalue weighted by atomic mass is 19.1. The van der Waals surface area contributed by atoms with Crippen LogP contribution in [0.15, 0.2) is 66.7 Å². The average Bonchev–Trinajstić information content (AvgIpc) is 3.43. The summed E-state index contributed by atoms with van der Waals surface area (Å²) in [6.07, 6.45) is 7.99. The minimum atomic E-state index is -0.542. The monoisotopic (exact) mass is 550 g/mol. The fourth-order valence-electron chi connectivity index (χ4n) is 5.56. The lowest BCUT2D eigenvalue weighted by Gasteiger charge is -2.29. The highest BCUT2D eigenvalue weighted by Crippen LogP contribution is 2.25. The number of ether oxygens (including phenoxy) is 1. The smallest absolute Gasteiger partial charge is 0.309 e. The molecule has 0 saturated carbocycles. The molecule has 8 heteroatoms. The van der Waals surface area contributed by atoms with Crippen molar-refractivity contribution in [2.45, 2.75) is 63.5 Å². The van der Waals surface area contributed by atoms with Gasteiger partial charge in [0.1, 0.15) is 12.4 Å². The van der Waals surface area contributed by atoms with E-state index in [1.807, 2.05) is 42.5 Å². The van der Waals surface area contributed by atoms with Crippen LogP contribution in [0, 0.1) is 17.7 Å². The summed E-state index contributed by atoms with van der Waals surface area (Å²) >= 11 is 0. The van der Waals surface area contributed by atoms with Gasteiger partial charge in [0, 0.05) is 13.0 Å². The number of carbonyl (C=O) groups is 3. The molecule has 2 aliphatic heterocycles. The lowest BCUT2D eigenvalue weighted by Crippen LogP contribution is -2.45. The third-order valence-corrected chi connectivity index (χ3v) is 7.77. The quantitative estimate of drug-likeness (QED) is 0.383. The number of halogens is 1. The van der Waals surface area contributed by atoms with Gasteiger partial charge in [-0.25, -0.2) is 4.39 Å². The summed E-state index contributed by atoms with van der Waals surface area (Å²) in [5.74, 6) is -1.92. The van der Waals surface area contributed by atoms with Gasteiger partial charge in [-0.3, -0.25) is 14.4 Å². The molecule has 2 aromatic carbocycles. The predicted molar refractivity (Wildman–Crippen MR) is 150 cm³/mol.